The summed E-state index contributed by atoms with van der Waals surface area (Å²) < 4.78 is 5.40. The van der Waals surface area contributed by atoms with Crippen molar-refractivity contribution in [3.8, 4) is 0 Å². The molecule has 0 aliphatic carbocycles. The maximum absolute atomic E-state index is 12.3. The van der Waals surface area contributed by atoms with Crippen LogP contribution in [0, 0.1) is 0 Å². The fourth-order valence-corrected chi connectivity index (χ4v) is 2.41. The Morgan fingerprint density at radius 1 is 1.00 bits per heavy atom. The number of hydrogen-bond acceptors (Lipinski definition) is 3. The lowest BCUT2D eigenvalue weighted by molar-refractivity contribution is 0.0951. The largest absolute Gasteiger partial charge is 0.463 e. The number of carbonyl (C=O) groups excluding carboxylic acids is 1. The van der Waals surface area contributed by atoms with Gasteiger partial charge in [-0.05, 0) is 24.2 Å². The number of benzene rings is 2. The molecule has 1 heterocycles. The van der Waals surface area contributed by atoms with Crippen molar-refractivity contribution in [1.29, 1.82) is 0 Å². The van der Waals surface area contributed by atoms with Crippen LogP contribution in [0.3, 0.4) is 0 Å². The number of halogens is 1. The van der Waals surface area contributed by atoms with Gasteiger partial charge in [0.25, 0.3) is 5.91 Å². The zero-order chi connectivity index (χ0) is 15.4. The SMILES string of the molecule is CNCc1ccc(CNC(=O)c2coc3ccccc23)cc1.Cl. The third-order valence-corrected chi connectivity index (χ3v) is 3.58. The van der Waals surface area contributed by atoms with E-state index in [1.54, 1.807) is 0 Å². The lowest BCUT2D eigenvalue weighted by atomic mass is 10.1. The number of hydrogen-bond donors (Lipinski definition) is 2. The number of carbonyl (C=O) groups is 1. The van der Waals surface area contributed by atoms with E-state index in [-0.39, 0.29) is 18.3 Å². The van der Waals surface area contributed by atoms with Gasteiger partial charge in [-0.15, -0.1) is 12.4 Å². The maximum atomic E-state index is 12.3. The maximum Gasteiger partial charge on any atom is 0.255 e. The molecule has 23 heavy (non-hydrogen) atoms. The molecule has 0 unspecified atom stereocenters. The molecule has 0 spiro atoms. The van der Waals surface area contributed by atoms with Crippen LogP contribution in [-0.4, -0.2) is 13.0 Å². The van der Waals surface area contributed by atoms with Crippen LogP contribution in [0.5, 0.6) is 0 Å². The van der Waals surface area contributed by atoms with Crippen LogP contribution in [0.25, 0.3) is 11.0 Å². The predicted molar refractivity (Wildman–Crippen MR) is 93.8 cm³/mol. The third kappa shape index (κ3) is 3.92. The van der Waals surface area contributed by atoms with Crippen LogP contribution in [0.15, 0.2) is 59.2 Å². The Balaban J connectivity index is 0.00000192. The molecule has 1 aromatic heterocycles. The molecule has 2 N–H and O–H groups in total. The van der Waals surface area contributed by atoms with Crippen molar-refractivity contribution in [2.45, 2.75) is 13.1 Å². The van der Waals surface area contributed by atoms with Crippen LogP contribution in [0.1, 0.15) is 21.5 Å². The summed E-state index contributed by atoms with van der Waals surface area (Å²) in [5, 5.41) is 6.88. The number of para-hydroxylation sites is 1. The Morgan fingerprint density at radius 2 is 1.65 bits per heavy atom. The second kappa shape index (κ2) is 7.81. The van der Waals surface area contributed by atoms with Gasteiger partial charge in [-0.3, -0.25) is 4.79 Å². The lowest BCUT2D eigenvalue weighted by Crippen LogP contribution is -2.22. The molecule has 120 valence electrons. The van der Waals surface area contributed by atoms with Crippen molar-refractivity contribution in [3.63, 3.8) is 0 Å². The average molecular weight is 331 g/mol. The van der Waals surface area contributed by atoms with Gasteiger partial charge >= 0.3 is 0 Å². The first-order chi connectivity index (χ1) is 10.8. The fraction of sp³-hybridized carbons (Fsp3) is 0.167. The highest BCUT2D eigenvalue weighted by Crippen LogP contribution is 2.20. The van der Waals surface area contributed by atoms with E-state index in [1.807, 2.05) is 43.4 Å². The normalized spacial score (nSPS) is 10.3. The van der Waals surface area contributed by atoms with Crippen molar-refractivity contribution < 1.29 is 9.21 Å². The molecule has 0 aliphatic heterocycles. The Morgan fingerprint density at radius 3 is 2.35 bits per heavy atom. The summed E-state index contributed by atoms with van der Waals surface area (Å²) in [6, 6.07) is 15.7. The van der Waals surface area contributed by atoms with E-state index in [2.05, 4.69) is 22.8 Å². The quantitative estimate of drug-likeness (QED) is 0.752. The molecule has 0 atom stereocenters. The van der Waals surface area contributed by atoms with E-state index in [9.17, 15) is 4.79 Å². The molecule has 2 aromatic carbocycles. The molecule has 4 nitrogen and oxygen atoms in total. The molecular formula is C18H19ClN2O2. The van der Waals surface area contributed by atoms with Crippen molar-refractivity contribution in [2.24, 2.45) is 0 Å². The Labute approximate surface area is 141 Å². The van der Waals surface area contributed by atoms with Crippen molar-refractivity contribution in [2.75, 3.05) is 7.05 Å². The number of fused-ring (bicyclic) bond motifs is 1. The first-order valence-corrected chi connectivity index (χ1v) is 7.25. The van der Waals surface area contributed by atoms with Crippen LogP contribution < -0.4 is 10.6 Å². The third-order valence-electron chi connectivity index (χ3n) is 3.58. The van der Waals surface area contributed by atoms with Gasteiger partial charge in [0, 0.05) is 18.5 Å². The van der Waals surface area contributed by atoms with E-state index in [4.69, 9.17) is 4.42 Å². The molecule has 0 saturated heterocycles. The molecule has 5 heteroatoms. The van der Waals surface area contributed by atoms with Gasteiger partial charge in [0.05, 0.1) is 5.56 Å². The summed E-state index contributed by atoms with van der Waals surface area (Å²) in [7, 11) is 1.92. The lowest BCUT2D eigenvalue weighted by Gasteiger charge is -2.06. The number of amides is 1. The minimum Gasteiger partial charge on any atom is -0.463 e. The van der Waals surface area contributed by atoms with Gasteiger partial charge in [-0.2, -0.15) is 0 Å². The average Bonchev–Trinajstić information content (AvgIpc) is 2.98. The summed E-state index contributed by atoms with van der Waals surface area (Å²) >= 11 is 0. The van der Waals surface area contributed by atoms with Gasteiger partial charge in [0.1, 0.15) is 11.8 Å². The minimum absolute atomic E-state index is 0. The molecule has 0 fully saturated rings. The van der Waals surface area contributed by atoms with E-state index < -0.39 is 0 Å². The highest BCUT2D eigenvalue weighted by molar-refractivity contribution is 6.05. The van der Waals surface area contributed by atoms with Gasteiger partial charge in [0.15, 0.2) is 0 Å². The van der Waals surface area contributed by atoms with E-state index in [0.29, 0.717) is 12.1 Å². The van der Waals surface area contributed by atoms with Crippen molar-refractivity contribution >= 4 is 29.3 Å². The first-order valence-electron chi connectivity index (χ1n) is 7.25. The second-order valence-electron chi connectivity index (χ2n) is 5.18. The van der Waals surface area contributed by atoms with Gasteiger partial charge < -0.3 is 15.1 Å². The topological polar surface area (TPSA) is 54.3 Å². The fourth-order valence-electron chi connectivity index (χ4n) is 2.41. The van der Waals surface area contributed by atoms with Gasteiger partial charge in [-0.1, -0.05) is 42.5 Å². The molecule has 0 aliphatic rings. The van der Waals surface area contributed by atoms with Gasteiger partial charge in [-0.25, -0.2) is 0 Å². The summed E-state index contributed by atoms with van der Waals surface area (Å²) in [5.74, 6) is -0.121. The molecule has 0 bridgehead atoms. The van der Waals surface area contributed by atoms with Crippen LogP contribution in [0.4, 0.5) is 0 Å². The molecule has 3 rings (SSSR count). The number of rotatable bonds is 5. The Hall–Kier alpha value is -2.30. The van der Waals surface area contributed by atoms with Crippen LogP contribution >= 0.6 is 12.4 Å². The standard InChI is InChI=1S/C18H18N2O2.ClH/c1-19-10-13-6-8-14(9-7-13)11-20-18(21)16-12-22-17-5-3-2-4-15(16)17;/h2-9,12,19H,10-11H2,1H3,(H,20,21);1H. The highest BCUT2D eigenvalue weighted by atomic mass is 35.5. The van der Waals surface area contributed by atoms with E-state index in [0.717, 1.165) is 23.1 Å². The molecule has 1 amide bonds. The summed E-state index contributed by atoms with van der Waals surface area (Å²) in [6.45, 7) is 1.34. The first kappa shape index (κ1) is 17.1. The van der Waals surface area contributed by atoms with Gasteiger partial charge in [0.2, 0.25) is 0 Å². The summed E-state index contributed by atoms with van der Waals surface area (Å²) in [6.07, 6.45) is 1.51. The Bertz CT molecular complexity index is 781. The number of nitrogens with one attached hydrogen (secondary N) is 2. The van der Waals surface area contributed by atoms with Crippen molar-refractivity contribution in [1.82, 2.24) is 10.6 Å². The van der Waals surface area contributed by atoms with E-state index in [1.165, 1.54) is 11.8 Å². The monoisotopic (exact) mass is 330 g/mol. The highest BCUT2D eigenvalue weighted by Gasteiger charge is 2.12. The zero-order valence-electron chi connectivity index (χ0n) is 12.8. The smallest absolute Gasteiger partial charge is 0.255 e. The molecule has 0 saturated carbocycles. The molecule has 0 radical (unpaired) electrons. The van der Waals surface area contributed by atoms with Crippen molar-refractivity contribution in [3.05, 3.63) is 71.5 Å². The Kier molecular flexibility index (Phi) is 5.79. The zero-order valence-corrected chi connectivity index (χ0v) is 13.7. The van der Waals surface area contributed by atoms with E-state index >= 15 is 0 Å². The summed E-state index contributed by atoms with van der Waals surface area (Å²) in [4.78, 5) is 12.3. The molecular weight excluding hydrogens is 312 g/mol. The molecule has 3 aromatic rings. The predicted octanol–water partition coefficient (Wildman–Crippen LogP) is 3.50. The summed E-state index contributed by atoms with van der Waals surface area (Å²) in [5.41, 5.74) is 3.59. The minimum atomic E-state index is -0.121. The second-order valence-corrected chi connectivity index (χ2v) is 5.18. The number of furan rings is 1. The van der Waals surface area contributed by atoms with Crippen LogP contribution in [0.2, 0.25) is 0 Å². The van der Waals surface area contributed by atoms with Crippen LogP contribution in [-0.2, 0) is 13.1 Å².